The van der Waals surface area contributed by atoms with Crippen LogP contribution in [0.3, 0.4) is 0 Å². The molecule has 0 aliphatic rings. The van der Waals surface area contributed by atoms with E-state index in [0.29, 0.717) is 11.1 Å². The van der Waals surface area contributed by atoms with Crippen LogP contribution < -0.4 is 0 Å². The topological polar surface area (TPSA) is 9.23 Å². The van der Waals surface area contributed by atoms with Crippen LogP contribution in [0.4, 0.5) is 0 Å². The summed E-state index contributed by atoms with van der Waals surface area (Å²) in [7, 11) is -1.62. The summed E-state index contributed by atoms with van der Waals surface area (Å²) in [6.07, 6.45) is 7.57. The zero-order chi connectivity index (χ0) is 13.5. The van der Waals surface area contributed by atoms with Crippen molar-refractivity contribution < 1.29 is 4.43 Å². The summed E-state index contributed by atoms with van der Waals surface area (Å²) in [5.41, 5.74) is 0. The normalized spacial score (nSPS) is 15.5. The molecule has 0 fully saturated rings. The molecule has 0 aromatic heterocycles. The van der Waals surface area contributed by atoms with Crippen LogP contribution in [0.1, 0.15) is 53.4 Å². The summed E-state index contributed by atoms with van der Waals surface area (Å²) < 4.78 is 8.54. The molecule has 0 radical (unpaired) electrons. The quantitative estimate of drug-likeness (QED) is 0.309. The van der Waals surface area contributed by atoms with E-state index in [1.807, 2.05) is 0 Å². The van der Waals surface area contributed by atoms with E-state index in [4.69, 9.17) is 4.43 Å². The largest absolute Gasteiger partial charge is 0.411 e. The molecule has 0 rings (SSSR count). The molecule has 0 aromatic rings. The number of rotatable bonds is 7. The van der Waals surface area contributed by atoms with Crippen molar-refractivity contribution in [2.45, 2.75) is 77.6 Å². The van der Waals surface area contributed by atoms with E-state index in [-0.39, 0.29) is 0 Å². The Labute approximate surface area is 123 Å². The van der Waals surface area contributed by atoms with Crippen molar-refractivity contribution in [3.8, 4) is 0 Å². The van der Waals surface area contributed by atoms with Gasteiger partial charge in [-0.1, -0.05) is 75.6 Å². The molecule has 0 bridgehead atoms. The highest BCUT2D eigenvalue weighted by Gasteiger charge is 2.38. The number of hydrogen-bond donors (Lipinski definition) is 0. The van der Waals surface area contributed by atoms with Crippen molar-refractivity contribution in [3.63, 3.8) is 0 Å². The van der Waals surface area contributed by atoms with Gasteiger partial charge in [0.25, 0.3) is 0 Å². The van der Waals surface area contributed by atoms with Crippen LogP contribution in [0.25, 0.3) is 0 Å². The highest BCUT2D eigenvalue weighted by molar-refractivity contribution is 14.1. The van der Waals surface area contributed by atoms with Gasteiger partial charge in [-0.05, 0) is 28.6 Å². The first kappa shape index (κ1) is 17.6. The molecule has 0 amide bonds. The zero-order valence-corrected chi connectivity index (χ0v) is 15.5. The fourth-order valence-electron chi connectivity index (χ4n) is 1.43. The molecule has 0 aliphatic carbocycles. The first-order valence-corrected chi connectivity index (χ1v) is 10.8. The lowest BCUT2D eigenvalue weighted by molar-refractivity contribution is 0.211. The summed E-state index contributed by atoms with van der Waals surface area (Å²) in [5, 5.41) is 0.301. The van der Waals surface area contributed by atoms with Gasteiger partial charge in [0, 0.05) is 0 Å². The van der Waals surface area contributed by atoms with Crippen LogP contribution >= 0.6 is 22.6 Å². The zero-order valence-electron chi connectivity index (χ0n) is 12.3. The van der Waals surface area contributed by atoms with Crippen LogP contribution in [0.2, 0.25) is 18.1 Å². The highest BCUT2D eigenvalue weighted by Crippen LogP contribution is 2.38. The van der Waals surface area contributed by atoms with Crippen LogP contribution in [0.5, 0.6) is 0 Å². The molecular formula is C14H29IOSi. The third-order valence-corrected chi connectivity index (χ3v) is 8.55. The van der Waals surface area contributed by atoms with Gasteiger partial charge < -0.3 is 4.43 Å². The molecule has 1 nitrogen and oxygen atoms in total. The molecule has 17 heavy (non-hydrogen) atoms. The molecular weight excluding hydrogens is 339 g/mol. The minimum absolute atomic E-state index is 0.301. The predicted molar refractivity (Wildman–Crippen MR) is 89.4 cm³/mol. The Bertz CT molecular complexity index is 231. The summed E-state index contributed by atoms with van der Waals surface area (Å²) in [6, 6.07) is 0. The smallest absolute Gasteiger partial charge is 0.192 e. The molecule has 0 N–H and O–H groups in total. The monoisotopic (exact) mass is 368 g/mol. The van der Waals surface area contributed by atoms with E-state index in [0.717, 1.165) is 0 Å². The van der Waals surface area contributed by atoms with Crippen molar-refractivity contribution in [2.24, 2.45) is 0 Å². The van der Waals surface area contributed by atoms with Gasteiger partial charge in [-0.3, -0.25) is 0 Å². The van der Waals surface area contributed by atoms with Crippen molar-refractivity contribution in [1.82, 2.24) is 0 Å². The first-order valence-electron chi connectivity index (χ1n) is 6.69. The summed E-state index contributed by atoms with van der Waals surface area (Å²) in [4.78, 5) is 0. The van der Waals surface area contributed by atoms with Gasteiger partial charge >= 0.3 is 0 Å². The van der Waals surface area contributed by atoms with Gasteiger partial charge in [-0.15, -0.1) is 0 Å². The summed E-state index contributed by atoms with van der Waals surface area (Å²) in [6.45, 7) is 13.8. The van der Waals surface area contributed by atoms with Gasteiger partial charge in [0.1, 0.15) is 0 Å². The average Bonchev–Trinajstić information content (AvgIpc) is 2.16. The van der Waals surface area contributed by atoms with Crippen LogP contribution in [0, 0.1) is 0 Å². The standard InChI is InChI=1S/C14H29IOSi/c1-7-8-9-10-13(11-12-15)16-17(5,6)14(2,3)4/h11-13H,7-10H2,1-6H3/t13-/m0/s1. The second-order valence-electron chi connectivity index (χ2n) is 6.23. The Morgan fingerprint density at radius 1 is 1.24 bits per heavy atom. The van der Waals surface area contributed by atoms with E-state index >= 15 is 0 Å². The SMILES string of the molecule is CCCCC[C@@H](C=CI)O[Si](C)(C)C(C)(C)C. The Hall–Kier alpha value is 0.647. The van der Waals surface area contributed by atoms with Gasteiger partial charge in [-0.25, -0.2) is 0 Å². The van der Waals surface area contributed by atoms with Crippen molar-refractivity contribution in [1.29, 1.82) is 0 Å². The number of halogens is 1. The first-order chi connectivity index (χ1) is 7.74. The Morgan fingerprint density at radius 3 is 2.24 bits per heavy atom. The van der Waals surface area contributed by atoms with E-state index in [1.54, 1.807) is 0 Å². The molecule has 3 heteroatoms. The molecule has 0 saturated heterocycles. The lowest BCUT2D eigenvalue weighted by Crippen LogP contribution is -2.43. The van der Waals surface area contributed by atoms with Crippen molar-refractivity contribution >= 4 is 30.9 Å². The Balaban J connectivity index is 4.43. The van der Waals surface area contributed by atoms with Crippen LogP contribution in [-0.2, 0) is 4.43 Å². The van der Waals surface area contributed by atoms with E-state index in [1.165, 1.54) is 25.7 Å². The molecule has 0 unspecified atom stereocenters. The maximum absolute atomic E-state index is 6.44. The van der Waals surface area contributed by atoms with Crippen LogP contribution in [0.15, 0.2) is 10.2 Å². The van der Waals surface area contributed by atoms with Gasteiger partial charge in [0.15, 0.2) is 8.32 Å². The van der Waals surface area contributed by atoms with E-state index in [9.17, 15) is 0 Å². The maximum atomic E-state index is 6.44. The van der Waals surface area contributed by atoms with Gasteiger partial charge in [0.05, 0.1) is 6.10 Å². The second-order valence-corrected chi connectivity index (χ2v) is 11.7. The molecule has 0 aromatic carbocycles. The number of hydrogen-bond acceptors (Lipinski definition) is 1. The molecule has 102 valence electrons. The van der Waals surface area contributed by atoms with E-state index < -0.39 is 8.32 Å². The van der Waals surface area contributed by atoms with Gasteiger partial charge in [-0.2, -0.15) is 0 Å². The lowest BCUT2D eigenvalue weighted by Gasteiger charge is -2.38. The molecule has 0 spiro atoms. The fraction of sp³-hybridized carbons (Fsp3) is 0.857. The van der Waals surface area contributed by atoms with Crippen LogP contribution in [-0.4, -0.2) is 14.4 Å². The third kappa shape index (κ3) is 6.96. The number of unbranched alkanes of at least 4 members (excludes halogenated alkanes) is 2. The van der Waals surface area contributed by atoms with Crippen molar-refractivity contribution in [2.75, 3.05) is 0 Å². The summed E-state index contributed by atoms with van der Waals surface area (Å²) in [5.74, 6) is 0. The minimum Gasteiger partial charge on any atom is -0.411 e. The van der Waals surface area contributed by atoms with Crippen molar-refractivity contribution in [3.05, 3.63) is 10.2 Å². The maximum Gasteiger partial charge on any atom is 0.192 e. The lowest BCUT2D eigenvalue weighted by atomic mass is 10.1. The molecule has 0 aliphatic heterocycles. The Morgan fingerprint density at radius 2 is 1.82 bits per heavy atom. The van der Waals surface area contributed by atoms with E-state index in [2.05, 4.69) is 73.5 Å². The highest BCUT2D eigenvalue weighted by atomic mass is 127. The van der Waals surface area contributed by atoms with Gasteiger partial charge in [0.2, 0.25) is 0 Å². The molecule has 0 saturated carbocycles. The fourth-order valence-corrected chi connectivity index (χ4v) is 3.20. The third-order valence-electron chi connectivity index (χ3n) is 3.63. The Kier molecular flexibility index (Phi) is 8.25. The molecule has 0 heterocycles. The molecule has 1 atom stereocenters. The predicted octanol–water partition coefficient (Wildman–Crippen LogP) is 5.91. The minimum atomic E-state index is -1.62. The second kappa shape index (κ2) is 7.95. The average molecular weight is 368 g/mol. The summed E-state index contributed by atoms with van der Waals surface area (Å²) >= 11 is 2.29.